The molecular formula is C27H26N4O2. The minimum atomic E-state index is -0.608. The molecule has 1 aliphatic carbocycles. The van der Waals surface area contributed by atoms with Crippen molar-refractivity contribution in [2.24, 2.45) is 5.92 Å². The van der Waals surface area contributed by atoms with E-state index >= 15 is 0 Å². The quantitative estimate of drug-likeness (QED) is 0.422. The second-order valence-corrected chi connectivity index (χ2v) is 8.93. The van der Waals surface area contributed by atoms with Gasteiger partial charge >= 0.3 is 0 Å². The van der Waals surface area contributed by atoms with Crippen LogP contribution >= 0.6 is 0 Å². The number of nitrogens with one attached hydrogen (secondary N) is 1. The Morgan fingerprint density at radius 3 is 2.52 bits per heavy atom. The van der Waals surface area contributed by atoms with Gasteiger partial charge in [0.1, 0.15) is 18.3 Å². The normalized spacial score (nSPS) is 16.6. The maximum Gasteiger partial charge on any atom is 0.135 e. The number of anilines is 3. The second kappa shape index (κ2) is 8.37. The zero-order valence-corrected chi connectivity index (χ0v) is 18.3. The highest BCUT2D eigenvalue weighted by molar-refractivity contribution is 5.82. The molecule has 2 N–H and O–H groups in total. The van der Waals surface area contributed by atoms with Crippen molar-refractivity contribution in [1.29, 1.82) is 0 Å². The number of aryl methyl sites for hydroxylation is 2. The van der Waals surface area contributed by atoms with Gasteiger partial charge in [0.2, 0.25) is 0 Å². The van der Waals surface area contributed by atoms with Gasteiger partial charge in [-0.3, -0.25) is 0 Å². The van der Waals surface area contributed by atoms with Crippen LogP contribution in [0.15, 0.2) is 77.8 Å². The first kappa shape index (κ1) is 20.0. The summed E-state index contributed by atoms with van der Waals surface area (Å²) in [6.07, 6.45) is 8.46. The average molecular weight is 439 g/mol. The monoisotopic (exact) mass is 438 g/mol. The number of aromatic nitrogens is 2. The number of hydrogen-bond acceptors (Lipinski definition) is 6. The van der Waals surface area contributed by atoms with E-state index < -0.39 is 6.23 Å². The predicted octanol–water partition coefficient (Wildman–Crippen LogP) is 5.31. The number of pyridine rings is 1. The molecule has 1 aliphatic heterocycles. The molecule has 2 aromatic carbocycles. The van der Waals surface area contributed by atoms with E-state index in [1.165, 1.54) is 11.1 Å². The molecule has 3 heterocycles. The highest BCUT2D eigenvalue weighted by Gasteiger charge is 2.31. The van der Waals surface area contributed by atoms with E-state index in [4.69, 9.17) is 4.52 Å². The molecule has 1 atom stereocenters. The lowest BCUT2D eigenvalue weighted by Crippen LogP contribution is -2.40. The Labute approximate surface area is 192 Å². The van der Waals surface area contributed by atoms with Crippen molar-refractivity contribution >= 4 is 17.2 Å². The maximum absolute atomic E-state index is 11.8. The number of aliphatic hydroxyl groups is 1. The summed E-state index contributed by atoms with van der Waals surface area (Å²) in [5.41, 5.74) is 7.70. The largest absolute Gasteiger partial charge is 0.373 e. The van der Waals surface area contributed by atoms with Crippen molar-refractivity contribution in [3.63, 3.8) is 0 Å². The summed E-state index contributed by atoms with van der Waals surface area (Å²) in [5, 5.41) is 19.1. The van der Waals surface area contributed by atoms with Gasteiger partial charge in [0.15, 0.2) is 0 Å². The minimum Gasteiger partial charge on any atom is -0.373 e. The first-order chi connectivity index (χ1) is 16.3. The average Bonchev–Trinajstić information content (AvgIpc) is 3.23. The van der Waals surface area contributed by atoms with Crippen LogP contribution in [0.4, 0.5) is 17.2 Å². The van der Waals surface area contributed by atoms with E-state index in [0.29, 0.717) is 6.54 Å². The van der Waals surface area contributed by atoms with E-state index in [9.17, 15) is 5.11 Å². The minimum absolute atomic E-state index is 0.169. The molecule has 0 saturated heterocycles. The van der Waals surface area contributed by atoms with Crippen molar-refractivity contribution in [2.45, 2.75) is 38.5 Å². The van der Waals surface area contributed by atoms with Gasteiger partial charge in [0.05, 0.1) is 17.6 Å². The Morgan fingerprint density at radius 2 is 1.76 bits per heavy atom. The Morgan fingerprint density at radius 1 is 0.970 bits per heavy atom. The summed E-state index contributed by atoms with van der Waals surface area (Å²) >= 11 is 0. The standard InChI is InChI=1S/C27H26N4O2/c32-27(20-9-7-18-4-1-2-5-19(18)8-10-20)31-16-22-6-3-13-28-26(22)30-24-12-11-21(14-25(24)31)23-15-29-33-17-23/h1-6,11-15,17,20,27,32H,7-10,16H2,(H,28,30). The lowest BCUT2D eigenvalue weighted by atomic mass is 9.95. The van der Waals surface area contributed by atoms with Crippen molar-refractivity contribution in [2.75, 3.05) is 10.2 Å². The topological polar surface area (TPSA) is 74.4 Å². The van der Waals surface area contributed by atoms with Crippen LogP contribution in [0.3, 0.4) is 0 Å². The van der Waals surface area contributed by atoms with Crippen molar-refractivity contribution in [3.05, 3.63) is 89.9 Å². The van der Waals surface area contributed by atoms with Gasteiger partial charge < -0.3 is 19.8 Å². The summed E-state index contributed by atoms with van der Waals surface area (Å²) in [6, 6.07) is 18.9. The molecule has 4 aromatic rings. The molecule has 0 radical (unpaired) electrons. The molecule has 0 bridgehead atoms. The van der Waals surface area contributed by atoms with Gasteiger partial charge in [0, 0.05) is 29.8 Å². The molecule has 1 unspecified atom stereocenters. The fourth-order valence-electron chi connectivity index (χ4n) is 5.14. The number of rotatable bonds is 3. The van der Waals surface area contributed by atoms with Crippen LogP contribution < -0.4 is 10.2 Å². The van der Waals surface area contributed by atoms with Gasteiger partial charge in [-0.05, 0) is 60.6 Å². The molecule has 6 heteroatoms. The molecule has 0 amide bonds. The molecule has 2 aliphatic rings. The summed E-state index contributed by atoms with van der Waals surface area (Å²) in [4.78, 5) is 6.69. The van der Waals surface area contributed by atoms with Gasteiger partial charge in [-0.25, -0.2) is 4.98 Å². The SMILES string of the molecule is OC(C1CCc2ccccc2CC1)N1Cc2cccnc2Nc2ccc(-c3cnoc3)cc21. The lowest BCUT2D eigenvalue weighted by Gasteiger charge is -2.35. The number of aliphatic hydroxyl groups excluding tert-OH is 1. The van der Waals surface area contributed by atoms with Gasteiger partial charge in [-0.1, -0.05) is 41.6 Å². The number of fused-ring (bicyclic) bond motifs is 3. The lowest BCUT2D eigenvalue weighted by molar-refractivity contribution is 0.0932. The Balaban J connectivity index is 1.38. The van der Waals surface area contributed by atoms with Gasteiger partial charge in [0.25, 0.3) is 0 Å². The Kier molecular flexibility index (Phi) is 5.07. The summed E-state index contributed by atoms with van der Waals surface area (Å²) in [7, 11) is 0. The predicted molar refractivity (Wildman–Crippen MR) is 128 cm³/mol. The molecule has 0 fully saturated rings. The van der Waals surface area contributed by atoms with E-state index in [1.807, 2.05) is 18.2 Å². The van der Waals surface area contributed by atoms with E-state index in [2.05, 4.69) is 56.8 Å². The van der Waals surface area contributed by atoms with Crippen LogP contribution in [-0.2, 0) is 19.4 Å². The molecule has 6 rings (SSSR count). The highest BCUT2D eigenvalue weighted by Crippen LogP contribution is 2.40. The number of nitrogens with zero attached hydrogens (tertiary/aromatic N) is 3. The Hall–Kier alpha value is -3.64. The molecule has 0 spiro atoms. The molecule has 6 nitrogen and oxygen atoms in total. The molecule has 166 valence electrons. The van der Waals surface area contributed by atoms with Gasteiger partial charge in [-0.15, -0.1) is 0 Å². The van der Waals surface area contributed by atoms with Crippen LogP contribution in [0, 0.1) is 5.92 Å². The zero-order valence-electron chi connectivity index (χ0n) is 18.3. The second-order valence-electron chi connectivity index (χ2n) is 8.93. The summed E-state index contributed by atoms with van der Waals surface area (Å²) in [6.45, 7) is 0.584. The van der Waals surface area contributed by atoms with E-state index in [0.717, 1.165) is 59.6 Å². The fraction of sp³-hybridized carbons (Fsp3) is 0.259. The molecule has 2 aromatic heterocycles. The number of benzene rings is 2. The summed E-state index contributed by atoms with van der Waals surface area (Å²) < 4.78 is 5.06. The molecular weight excluding hydrogens is 412 g/mol. The third kappa shape index (κ3) is 3.76. The highest BCUT2D eigenvalue weighted by atomic mass is 16.5. The number of hydrogen-bond donors (Lipinski definition) is 2. The third-order valence-electron chi connectivity index (χ3n) is 6.99. The van der Waals surface area contributed by atoms with Crippen LogP contribution in [0.1, 0.15) is 29.5 Å². The maximum atomic E-state index is 11.8. The van der Waals surface area contributed by atoms with Crippen molar-refractivity contribution in [1.82, 2.24) is 10.1 Å². The third-order valence-corrected chi connectivity index (χ3v) is 6.99. The Bertz CT molecular complexity index is 1240. The smallest absolute Gasteiger partial charge is 0.135 e. The van der Waals surface area contributed by atoms with Crippen LogP contribution in [0.2, 0.25) is 0 Å². The van der Waals surface area contributed by atoms with E-state index in [1.54, 1.807) is 18.7 Å². The van der Waals surface area contributed by atoms with E-state index in [-0.39, 0.29) is 5.92 Å². The van der Waals surface area contributed by atoms with Crippen molar-refractivity contribution in [3.8, 4) is 11.1 Å². The molecule has 33 heavy (non-hydrogen) atoms. The van der Waals surface area contributed by atoms with Crippen LogP contribution in [0.25, 0.3) is 11.1 Å². The first-order valence-electron chi connectivity index (χ1n) is 11.5. The summed E-state index contributed by atoms with van der Waals surface area (Å²) in [5.74, 6) is 1.00. The van der Waals surface area contributed by atoms with Crippen LogP contribution in [-0.4, -0.2) is 21.5 Å². The fourth-order valence-corrected chi connectivity index (χ4v) is 5.14. The van der Waals surface area contributed by atoms with Crippen LogP contribution in [0.5, 0.6) is 0 Å². The first-order valence-corrected chi connectivity index (χ1v) is 11.5. The zero-order chi connectivity index (χ0) is 22.2. The van der Waals surface area contributed by atoms with Crippen molar-refractivity contribution < 1.29 is 9.63 Å². The molecule has 0 saturated carbocycles. The van der Waals surface area contributed by atoms with Gasteiger partial charge in [-0.2, -0.15) is 0 Å².